The molecule has 0 radical (unpaired) electrons. The van der Waals surface area contributed by atoms with Gasteiger partial charge in [0.25, 0.3) is 0 Å². The maximum atomic E-state index is 12.3. The molecule has 3 rings (SSSR count). The highest BCUT2D eigenvalue weighted by Crippen LogP contribution is 2.18. The van der Waals surface area contributed by atoms with E-state index >= 15 is 0 Å². The Hall–Kier alpha value is -3.08. The molecule has 0 N–H and O–H groups in total. The van der Waals surface area contributed by atoms with Crippen molar-refractivity contribution in [2.75, 3.05) is 31.2 Å². The normalized spacial score (nSPS) is 14.3. The molecule has 1 aliphatic rings. The average Bonchev–Trinajstić information content (AvgIpc) is 2.68. The van der Waals surface area contributed by atoms with E-state index in [-0.39, 0.29) is 5.78 Å². The van der Waals surface area contributed by atoms with Gasteiger partial charge in [-0.15, -0.1) is 0 Å². The van der Waals surface area contributed by atoms with E-state index in [1.807, 2.05) is 24.3 Å². The molecule has 2 aromatic rings. The van der Waals surface area contributed by atoms with Crippen LogP contribution in [0.5, 0.6) is 0 Å². The predicted molar refractivity (Wildman–Crippen MR) is 98.1 cm³/mol. The van der Waals surface area contributed by atoms with Crippen molar-refractivity contribution in [1.29, 1.82) is 0 Å². The van der Waals surface area contributed by atoms with Crippen LogP contribution in [0.25, 0.3) is 16.5 Å². The Kier molecular flexibility index (Phi) is 5.46. The van der Waals surface area contributed by atoms with Crippen molar-refractivity contribution in [3.63, 3.8) is 0 Å². The molecular weight excluding hydrogens is 316 g/mol. The zero-order chi connectivity index (χ0) is 17.5. The molecule has 0 amide bonds. The first kappa shape index (κ1) is 16.8. The van der Waals surface area contributed by atoms with Crippen molar-refractivity contribution in [3.8, 4) is 0 Å². The SMILES string of the molecule is [N-]=[N+]=Nc1ccc(/C=C/C(=O)c2ccc(N3CCOCC3)cc2)cc1. The lowest BCUT2D eigenvalue weighted by atomic mass is 10.1. The predicted octanol–water partition coefficient (Wildman–Crippen LogP) is 4.36. The first-order chi connectivity index (χ1) is 12.3. The molecule has 6 nitrogen and oxygen atoms in total. The number of hydrogen-bond acceptors (Lipinski definition) is 4. The number of morpholine rings is 1. The summed E-state index contributed by atoms with van der Waals surface area (Å²) < 4.78 is 5.35. The summed E-state index contributed by atoms with van der Waals surface area (Å²) in [4.78, 5) is 17.3. The summed E-state index contributed by atoms with van der Waals surface area (Å²) in [5.41, 5.74) is 11.6. The number of hydrogen-bond donors (Lipinski definition) is 0. The van der Waals surface area contributed by atoms with E-state index in [1.54, 1.807) is 36.4 Å². The highest BCUT2D eigenvalue weighted by Gasteiger charge is 2.11. The fraction of sp³-hybridized carbons (Fsp3) is 0.211. The van der Waals surface area contributed by atoms with Gasteiger partial charge >= 0.3 is 0 Å². The van der Waals surface area contributed by atoms with Gasteiger partial charge in [-0.05, 0) is 41.4 Å². The number of rotatable bonds is 5. The number of azide groups is 1. The lowest BCUT2D eigenvalue weighted by molar-refractivity contribution is 0.104. The lowest BCUT2D eigenvalue weighted by Crippen LogP contribution is -2.36. The second-order valence-corrected chi connectivity index (χ2v) is 5.62. The molecule has 0 saturated carbocycles. The van der Waals surface area contributed by atoms with E-state index in [9.17, 15) is 4.79 Å². The molecular formula is C19H18N4O2. The molecule has 0 spiro atoms. The Morgan fingerprint density at radius 3 is 2.40 bits per heavy atom. The zero-order valence-corrected chi connectivity index (χ0v) is 13.7. The molecule has 1 saturated heterocycles. The van der Waals surface area contributed by atoms with Crippen LogP contribution in [-0.2, 0) is 4.74 Å². The molecule has 2 aromatic carbocycles. The molecule has 1 fully saturated rings. The largest absolute Gasteiger partial charge is 0.378 e. The van der Waals surface area contributed by atoms with Crippen molar-refractivity contribution in [1.82, 2.24) is 0 Å². The summed E-state index contributed by atoms with van der Waals surface area (Å²) in [6, 6.07) is 14.7. The van der Waals surface area contributed by atoms with Crippen LogP contribution in [0.2, 0.25) is 0 Å². The zero-order valence-electron chi connectivity index (χ0n) is 13.7. The Morgan fingerprint density at radius 1 is 1.08 bits per heavy atom. The van der Waals surface area contributed by atoms with Crippen LogP contribution in [0.1, 0.15) is 15.9 Å². The summed E-state index contributed by atoms with van der Waals surface area (Å²) in [6.07, 6.45) is 3.30. The minimum Gasteiger partial charge on any atom is -0.378 e. The van der Waals surface area contributed by atoms with Crippen molar-refractivity contribution in [3.05, 3.63) is 76.2 Å². The van der Waals surface area contributed by atoms with Gasteiger partial charge < -0.3 is 9.64 Å². The summed E-state index contributed by atoms with van der Waals surface area (Å²) in [5, 5.41) is 3.52. The molecule has 0 atom stereocenters. The molecule has 6 heteroatoms. The average molecular weight is 334 g/mol. The fourth-order valence-corrected chi connectivity index (χ4v) is 2.63. The van der Waals surface area contributed by atoms with Crippen LogP contribution in [-0.4, -0.2) is 32.1 Å². The molecule has 0 aliphatic carbocycles. The molecule has 0 unspecified atom stereocenters. The second-order valence-electron chi connectivity index (χ2n) is 5.62. The number of ketones is 1. The third-order valence-electron chi connectivity index (χ3n) is 4.01. The maximum Gasteiger partial charge on any atom is 0.185 e. The van der Waals surface area contributed by atoms with Gasteiger partial charge in [0.2, 0.25) is 0 Å². The van der Waals surface area contributed by atoms with Gasteiger partial charge in [-0.3, -0.25) is 4.79 Å². The Bertz CT molecular complexity index is 800. The summed E-state index contributed by atoms with van der Waals surface area (Å²) >= 11 is 0. The Morgan fingerprint density at radius 2 is 1.76 bits per heavy atom. The van der Waals surface area contributed by atoms with Gasteiger partial charge in [-0.1, -0.05) is 35.5 Å². The Balaban J connectivity index is 1.65. The van der Waals surface area contributed by atoms with Gasteiger partial charge in [0.15, 0.2) is 5.78 Å². The second kappa shape index (κ2) is 8.15. The highest BCUT2D eigenvalue weighted by atomic mass is 16.5. The van der Waals surface area contributed by atoms with Crippen LogP contribution >= 0.6 is 0 Å². The fourth-order valence-electron chi connectivity index (χ4n) is 2.63. The van der Waals surface area contributed by atoms with E-state index in [2.05, 4.69) is 14.9 Å². The van der Waals surface area contributed by atoms with Gasteiger partial charge in [0, 0.05) is 34.9 Å². The summed E-state index contributed by atoms with van der Waals surface area (Å²) in [7, 11) is 0. The minimum absolute atomic E-state index is 0.0485. The topological polar surface area (TPSA) is 78.3 Å². The van der Waals surface area contributed by atoms with Crippen LogP contribution in [0.4, 0.5) is 11.4 Å². The first-order valence-electron chi connectivity index (χ1n) is 8.06. The quantitative estimate of drug-likeness (QED) is 0.268. The number of carbonyl (C=O) groups excluding carboxylic acids is 1. The van der Waals surface area contributed by atoms with Crippen LogP contribution in [0.15, 0.2) is 59.7 Å². The Labute approximate surface area is 146 Å². The molecule has 126 valence electrons. The smallest absolute Gasteiger partial charge is 0.185 e. The van der Waals surface area contributed by atoms with E-state index in [1.165, 1.54) is 0 Å². The summed E-state index contributed by atoms with van der Waals surface area (Å²) in [6.45, 7) is 3.22. The number of ether oxygens (including phenoxy) is 1. The van der Waals surface area contributed by atoms with Crippen molar-refractivity contribution in [2.45, 2.75) is 0 Å². The monoisotopic (exact) mass is 334 g/mol. The van der Waals surface area contributed by atoms with E-state index in [0.29, 0.717) is 11.3 Å². The number of allylic oxidation sites excluding steroid dienone is 1. The van der Waals surface area contributed by atoms with Gasteiger partial charge in [0.1, 0.15) is 0 Å². The van der Waals surface area contributed by atoms with Crippen molar-refractivity contribution >= 4 is 23.2 Å². The number of benzene rings is 2. The number of anilines is 1. The lowest BCUT2D eigenvalue weighted by Gasteiger charge is -2.28. The highest BCUT2D eigenvalue weighted by molar-refractivity contribution is 6.07. The number of carbonyl (C=O) groups is 1. The molecule has 1 aliphatic heterocycles. The molecule has 0 bridgehead atoms. The molecule has 0 aromatic heterocycles. The van der Waals surface area contributed by atoms with Crippen LogP contribution in [0.3, 0.4) is 0 Å². The van der Waals surface area contributed by atoms with Crippen LogP contribution in [0, 0.1) is 0 Å². The third-order valence-corrected chi connectivity index (χ3v) is 4.01. The van der Waals surface area contributed by atoms with Gasteiger partial charge in [-0.25, -0.2) is 0 Å². The standard InChI is InChI=1S/C19H18N4O2/c20-22-21-17-6-1-15(2-7-17)3-10-19(24)16-4-8-18(9-5-16)23-11-13-25-14-12-23/h1-10H,11-14H2/b10-3+. The van der Waals surface area contributed by atoms with Crippen molar-refractivity contribution in [2.24, 2.45) is 5.11 Å². The van der Waals surface area contributed by atoms with Gasteiger partial charge in [-0.2, -0.15) is 0 Å². The molecule has 25 heavy (non-hydrogen) atoms. The van der Waals surface area contributed by atoms with E-state index < -0.39 is 0 Å². The van der Waals surface area contributed by atoms with Gasteiger partial charge in [0.05, 0.1) is 13.2 Å². The van der Waals surface area contributed by atoms with E-state index in [4.69, 9.17) is 10.3 Å². The van der Waals surface area contributed by atoms with E-state index in [0.717, 1.165) is 37.6 Å². The van der Waals surface area contributed by atoms with Crippen molar-refractivity contribution < 1.29 is 9.53 Å². The van der Waals surface area contributed by atoms with Crippen LogP contribution < -0.4 is 4.90 Å². The minimum atomic E-state index is -0.0485. The number of nitrogens with zero attached hydrogens (tertiary/aromatic N) is 4. The third kappa shape index (κ3) is 4.47. The first-order valence-corrected chi connectivity index (χ1v) is 8.06. The summed E-state index contributed by atoms with van der Waals surface area (Å²) in [5.74, 6) is -0.0485. The molecule has 1 heterocycles. The maximum absolute atomic E-state index is 12.3.